The van der Waals surface area contributed by atoms with Crippen LogP contribution in [-0.2, 0) is 9.59 Å². The Morgan fingerprint density at radius 2 is 1.40 bits per heavy atom. The molecule has 2 amide bonds. The van der Waals surface area contributed by atoms with Gasteiger partial charge in [-0.1, -0.05) is 0 Å². The summed E-state index contributed by atoms with van der Waals surface area (Å²) in [5.74, 6) is -0.781. The average Bonchev–Trinajstić information content (AvgIpc) is 2.07. The molecule has 1 heterocycles. The van der Waals surface area contributed by atoms with E-state index < -0.39 is 11.8 Å². The molecule has 1 rings (SSSR count). The van der Waals surface area contributed by atoms with Crippen molar-refractivity contribution < 1.29 is 9.59 Å². The van der Waals surface area contributed by atoms with Gasteiger partial charge in [0.15, 0.2) is 0 Å². The van der Waals surface area contributed by atoms with E-state index in [1.54, 1.807) is 0 Å². The van der Waals surface area contributed by atoms with Crippen LogP contribution in [0.5, 0.6) is 0 Å². The fourth-order valence-corrected chi connectivity index (χ4v) is 1.10. The molecule has 1 aliphatic heterocycles. The van der Waals surface area contributed by atoms with Crippen molar-refractivity contribution in [2.45, 2.75) is 0 Å². The summed E-state index contributed by atoms with van der Waals surface area (Å²) in [4.78, 5) is 22.9. The average molecular weight is 175 g/mol. The minimum atomic E-state index is -0.390. The first-order chi connectivity index (χ1) is 4.55. The molecule has 10 heavy (non-hydrogen) atoms. The first kappa shape index (κ1) is 7.68. The zero-order valence-electron chi connectivity index (χ0n) is 5.16. The summed E-state index contributed by atoms with van der Waals surface area (Å²) in [7, 11) is 1.39. The van der Waals surface area contributed by atoms with Crippen LogP contribution < -0.4 is 0 Å². The van der Waals surface area contributed by atoms with Crippen LogP contribution in [-0.4, -0.2) is 23.8 Å². The van der Waals surface area contributed by atoms with Crippen LogP contribution in [0.2, 0.25) is 0 Å². The van der Waals surface area contributed by atoms with E-state index in [1.807, 2.05) is 0 Å². The minimum absolute atomic E-state index is 0.121. The van der Waals surface area contributed by atoms with Gasteiger partial charge in [0, 0.05) is 7.05 Å². The van der Waals surface area contributed by atoms with Gasteiger partial charge in [0.1, 0.15) is 0 Å². The maximum Gasteiger partial charge on any atom is 0.267 e. The van der Waals surface area contributed by atoms with E-state index in [-0.39, 0.29) is 9.81 Å². The molecule has 5 heteroatoms. The SMILES string of the molecule is CN1C(=O)C(S)=C(S)C1=O. The number of rotatable bonds is 0. The molecular weight excluding hydrogens is 170 g/mol. The van der Waals surface area contributed by atoms with Gasteiger partial charge in [-0.3, -0.25) is 14.5 Å². The van der Waals surface area contributed by atoms with Crippen LogP contribution in [0.15, 0.2) is 9.81 Å². The zero-order valence-corrected chi connectivity index (χ0v) is 6.95. The molecule has 0 aromatic carbocycles. The van der Waals surface area contributed by atoms with Crippen LogP contribution in [0, 0.1) is 0 Å². The van der Waals surface area contributed by atoms with Crippen molar-refractivity contribution in [3.63, 3.8) is 0 Å². The molecule has 0 saturated carbocycles. The lowest BCUT2D eigenvalue weighted by Crippen LogP contribution is -2.25. The Morgan fingerprint density at radius 1 is 1.10 bits per heavy atom. The van der Waals surface area contributed by atoms with Crippen molar-refractivity contribution in [1.29, 1.82) is 0 Å². The van der Waals surface area contributed by atoms with Crippen molar-refractivity contribution in [2.75, 3.05) is 7.05 Å². The molecule has 0 N–H and O–H groups in total. The monoisotopic (exact) mass is 175 g/mol. The summed E-state index contributed by atoms with van der Waals surface area (Å²) in [6.45, 7) is 0. The van der Waals surface area contributed by atoms with Crippen molar-refractivity contribution in [2.24, 2.45) is 0 Å². The van der Waals surface area contributed by atoms with Crippen molar-refractivity contribution in [1.82, 2.24) is 4.90 Å². The summed E-state index contributed by atoms with van der Waals surface area (Å²) in [5.41, 5.74) is 0. The van der Waals surface area contributed by atoms with E-state index >= 15 is 0 Å². The van der Waals surface area contributed by atoms with Crippen LogP contribution in [0.4, 0.5) is 0 Å². The molecule has 0 unspecified atom stereocenters. The van der Waals surface area contributed by atoms with E-state index in [0.717, 1.165) is 4.90 Å². The van der Waals surface area contributed by atoms with E-state index in [0.29, 0.717) is 0 Å². The number of amides is 2. The highest BCUT2D eigenvalue weighted by Gasteiger charge is 2.31. The third-order valence-corrected chi connectivity index (χ3v) is 2.24. The Kier molecular flexibility index (Phi) is 1.78. The lowest BCUT2D eigenvalue weighted by atomic mass is 10.5. The second-order valence-electron chi connectivity index (χ2n) is 1.87. The zero-order chi connectivity index (χ0) is 7.89. The molecule has 0 aromatic rings. The highest BCUT2D eigenvalue weighted by Crippen LogP contribution is 2.23. The van der Waals surface area contributed by atoms with Gasteiger partial charge in [0.05, 0.1) is 9.81 Å². The third kappa shape index (κ3) is 0.856. The first-order valence-electron chi connectivity index (χ1n) is 2.50. The van der Waals surface area contributed by atoms with Crippen LogP contribution >= 0.6 is 25.3 Å². The van der Waals surface area contributed by atoms with Crippen molar-refractivity contribution in [3.8, 4) is 0 Å². The molecule has 0 saturated heterocycles. The summed E-state index contributed by atoms with van der Waals surface area (Å²) in [6, 6.07) is 0. The lowest BCUT2D eigenvalue weighted by molar-refractivity contribution is -0.135. The van der Waals surface area contributed by atoms with E-state index in [1.165, 1.54) is 7.05 Å². The normalized spacial score (nSPS) is 19.3. The van der Waals surface area contributed by atoms with E-state index in [2.05, 4.69) is 25.3 Å². The third-order valence-electron chi connectivity index (χ3n) is 1.24. The number of carbonyl (C=O) groups excluding carboxylic acids is 2. The maximum absolute atomic E-state index is 10.8. The molecule has 0 atom stereocenters. The molecule has 0 aromatic heterocycles. The summed E-state index contributed by atoms with van der Waals surface area (Å²) in [6.07, 6.45) is 0. The van der Waals surface area contributed by atoms with Gasteiger partial charge in [-0.15, -0.1) is 25.3 Å². The summed E-state index contributed by atoms with van der Waals surface area (Å²) in [5, 5.41) is 0. The van der Waals surface area contributed by atoms with Gasteiger partial charge < -0.3 is 0 Å². The second-order valence-corrected chi connectivity index (χ2v) is 2.76. The number of hydrogen-bond donors (Lipinski definition) is 2. The van der Waals surface area contributed by atoms with Gasteiger partial charge in [-0.2, -0.15) is 0 Å². The summed E-state index contributed by atoms with van der Waals surface area (Å²) >= 11 is 7.58. The molecular formula is C5H5NO2S2. The van der Waals surface area contributed by atoms with Crippen LogP contribution in [0.1, 0.15) is 0 Å². The molecule has 0 radical (unpaired) electrons. The predicted molar refractivity (Wildman–Crippen MR) is 42.8 cm³/mol. The molecule has 1 aliphatic rings. The Bertz CT molecular complexity index is 222. The molecule has 54 valence electrons. The maximum atomic E-state index is 10.8. The highest BCUT2D eigenvalue weighted by atomic mass is 32.1. The summed E-state index contributed by atoms with van der Waals surface area (Å²) < 4.78 is 0. The Hall–Kier alpha value is -0.420. The van der Waals surface area contributed by atoms with Gasteiger partial charge in [-0.25, -0.2) is 0 Å². The first-order valence-corrected chi connectivity index (χ1v) is 3.39. The fraction of sp³-hybridized carbons (Fsp3) is 0.200. The largest absolute Gasteiger partial charge is 0.277 e. The van der Waals surface area contributed by atoms with Crippen molar-refractivity contribution >= 4 is 37.1 Å². The van der Waals surface area contributed by atoms with Gasteiger partial charge in [-0.05, 0) is 0 Å². The van der Waals surface area contributed by atoms with Gasteiger partial charge in [0.25, 0.3) is 11.8 Å². The minimum Gasteiger partial charge on any atom is -0.277 e. The second kappa shape index (κ2) is 2.32. The molecule has 0 fully saturated rings. The Balaban J connectivity index is 3.11. The van der Waals surface area contributed by atoms with E-state index in [9.17, 15) is 9.59 Å². The quantitative estimate of drug-likeness (QED) is 0.403. The highest BCUT2D eigenvalue weighted by molar-refractivity contribution is 7.90. The molecule has 0 bridgehead atoms. The predicted octanol–water partition coefficient (Wildman–Crippen LogP) is 0.0562. The number of nitrogens with zero attached hydrogens (tertiary/aromatic N) is 1. The molecule has 0 spiro atoms. The molecule has 0 aliphatic carbocycles. The Morgan fingerprint density at radius 3 is 1.50 bits per heavy atom. The fourth-order valence-electron chi connectivity index (χ4n) is 0.613. The number of thiol groups is 2. The van der Waals surface area contributed by atoms with Crippen molar-refractivity contribution in [3.05, 3.63) is 9.81 Å². The number of likely N-dealkylation sites (N-methyl/N-ethyl adjacent to an activating group) is 1. The van der Waals surface area contributed by atoms with Crippen LogP contribution in [0.25, 0.3) is 0 Å². The Labute approximate surface area is 68.9 Å². The van der Waals surface area contributed by atoms with E-state index in [4.69, 9.17) is 0 Å². The van der Waals surface area contributed by atoms with Crippen LogP contribution in [0.3, 0.4) is 0 Å². The van der Waals surface area contributed by atoms with Gasteiger partial charge >= 0.3 is 0 Å². The lowest BCUT2D eigenvalue weighted by Gasteiger charge is -2.03. The standard InChI is InChI=1S/C5H5NO2S2/c1-6-4(7)2(9)3(10)5(6)8/h9-10H,1H3. The smallest absolute Gasteiger partial charge is 0.267 e. The topological polar surface area (TPSA) is 37.4 Å². The number of carbonyl (C=O) groups is 2. The molecule has 3 nitrogen and oxygen atoms in total. The van der Waals surface area contributed by atoms with Gasteiger partial charge in [0.2, 0.25) is 0 Å². The number of imide groups is 1. The number of hydrogen-bond acceptors (Lipinski definition) is 4.